The molecule has 0 amide bonds. The van der Waals surface area contributed by atoms with Crippen molar-refractivity contribution in [2.45, 2.75) is 19.0 Å². The number of benzene rings is 1. The number of hydrogen-bond donors (Lipinski definition) is 0. The second kappa shape index (κ2) is 5.13. The van der Waals surface area contributed by atoms with Crippen LogP contribution in [-0.2, 0) is 6.18 Å². The van der Waals surface area contributed by atoms with Gasteiger partial charge in [-0.2, -0.15) is 13.2 Å². The molecule has 1 aromatic carbocycles. The Kier molecular flexibility index (Phi) is 3.46. The average molecular weight is 297 g/mol. The second-order valence-electron chi connectivity index (χ2n) is 4.91. The Morgan fingerprint density at radius 2 is 1.55 bits per heavy atom. The molecule has 1 nitrogen and oxygen atoms in total. The lowest BCUT2D eigenvalue weighted by atomic mass is 10.1. The minimum Gasteiger partial charge on any atom is -0.363 e. The largest absolute Gasteiger partial charge is 0.416 e. The second-order valence-corrected chi connectivity index (χ2v) is 5.97. The first-order chi connectivity index (χ1) is 9.54. The number of alkyl halides is 3. The number of hydrogen-bond acceptors (Lipinski definition) is 2. The van der Waals surface area contributed by atoms with Crippen LogP contribution in [0.15, 0.2) is 36.4 Å². The third kappa shape index (κ3) is 2.68. The molecule has 5 heteroatoms. The molecule has 0 bridgehead atoms. The Labute approximate surface area is 119 Å². The molecule has 0 aliphatic carbocycles. The van der Waals surface area contributed by atoms with Crippen LogP contribution < -0.4 is 4.90 Å². The van der Waals surface area contributed by atoms with E-state index in [4.69, 9.17) is 0 Å². The van der Waals surface area contributed by atoms with Crippen LogP contribution in [0.1, 0.15) is 18.4 Å². The van der Waals surface area contributed by atoms with Crippen molar-refractivity contribution in [3.8, 4) is 10.4 Å². The molecule has 0 N–H and O–H groups in total. The van der Waals surface area contributed by atoms with Crippen molar-refractivity contribution in [2.24, 2.45) is 0 Å². The lowest BCUT2D eigenvalue weighted by Gasteiger charge is -2.13. The molecule has 0 saturated carbocycles. The van der Waals surface area contributed by atoms with Gasteiger partial charge >= 0.3 is 6.18 Å². The first-order valence-electron chi connectivity index (χ1n) is 6.56. The zero-order valence-corrected chi connectivity index (χ0v) is 11.6. The molecular weight excluding hydrogens is 283 g/mol. The summed E-state index contributed by atoms with van der Waals surface area (Å²) in [4.78, 5) is 3.35. The summed E-state index contributed by atoms with van der Waals surface area (Å²) < 4.78 is 37.6. The maximum atomic E-state index is 12.5. The number of thiophene rings is 1. The molecule has 0 atom stereocenters. The zero-order valence-electron chi connectivity index (χ0n) is 10.8. The zero-order chi connectivity index (χ0) is 14.2. The molecule has 106 valence electrons. The Bertz CT molecular complexity index is 580. The Balaban J connectivity index is 1.82. The normalized spacial score (nSPS) is 15.8. The topological polar surface area (TPSA) is 3.24 Å². The lowest BCUT2D eigenvalue weighted by Crippen LogP contribution is -2.15. The summed E-state index contributed by atoms with van der Waals surface area (Å²) in [6.07, 6.45) is -1.84. The molecule has 2 aromatic rings. The van der Waals surface area contributed by atoms with Crippen LogP contribution in [-0.4, -0.2) is 13.1 Å². The highest BCUT2D eigenvalue weighted by Crippen LogP contribution is 2.36. The van der Waals surface area contributed by atoms with Gasteiger partial charge in [-0.25, -0.2) is 0 Å². The third-order valence-electron chi connectivity index (χ3n) is 3.51. The summed E-state index contributed by atoms with van der Waals surface area (Å²) >= 11 is 1.64. The van der Waals surface area contributed by atoms with Crippen molar-refractivity contribution in [3.63, 3.8) is 0 Å². The predicted molar refractivity (Wildman–Crippen MR) is 76.2 cm³/mol. The van der Waals surface area contributed by atoms with E-state index < -0.39 is 11.7 Å². The quantitative estimate of drug-likeness (QED) is 0.751. The van der Waals surface area contributed by atoms with E-state index in [2.05, 4.69) is 11.0 Å². The maximum Gasteiger partial charge on any atom is 0.416 e. The van der Waals surface area contributed by atoms with Crippen molar-refractivity contribution >= 4 is 16.3 Å². The van der Waals surface area contributed by atoms with Crippen LogP contribution in [0.3, 0.4) is 0 Å². The Morgan fingerprint density at radius 1 is 0.900 bits per heavy atom. The molecule has 1 saturated heterocycles. The number of nitrogens with zero attached hydrogens (tertiary/aromatic N) is 1. The van der Waals surface area contributed by atoms with Gasteiger partial charge in [-0.1, -0.05) is 12.1 Å². The molecule has 20 heavy (non-hydrogen) atoms. The van der Waals surface area contributed by atoms with Gasteiger partial charge in [0, 0.05) is 18.0 Å². The number of halogens is 3. The van der Waals surface area contributed by atoms with Gasteiger partial charge in [-0.3, -0.25) is 0 Å². The van der Waals surface area contributed by atoms with E-state index in [1.165, 1.54) is 17.8 Å². The van der Waals surface area contributed by atoms with Crippen LogP contribution in [0.25, 0.3) is 10.4 Å². The van der Waals surface area contributed by atoms with Crippen LogP contribution in [0.4, 0.5) is 18.2 Å². The summed E-state index contributed by atoms with van der Waals surface area (Å²) in [5.41, 5.74) is 0.242. The summed E-state index contributed by atoms with van der Waals surface area (Å²) in [5, 5.41) is 1.21. The molecule has 1 aliphatic heterocycles. The molecule has 0 unspecified atom stereocenters. The predicted octanol–water partition coefficient (Wildman–Crippen LogP) is 5.03. The van der Waals surface area contributed by atoms with Crippen molar-refractivity contribution in [2.75, 3.05) is 18.0 Å². The molecule has 2 heterocycles. The smallest absolute Gasteiger partial charge is 0.363 e. The van der Waals surface area contributed by atoms with Crippen molar-refractivity contribution in [1.82, 2.24) is 0 Å². The standard InChI is InChI=1S/C15H14F3NS/c16-15(17,18)12-5-3-11(4-6-12)13-7-8-14(20-13)19-9-1-2-10-19/h3-8H,1-2,9-10H2. The summed E-state index contributed by atoms with van der Waals surface area (Å²) in [5.74, 6) is 0. The first-order valence-corrected chi connectivity index (χ1v) is 7.38. The van der Waals surface area contributed by atoms with Gasteiger partial charge in [-0.05, 0) is 42.7 Å². The van der Waals surface area contributed by atoms with Gasteiger partial charge in [0.25, 0.3) is 0 Å². The third-order valence-corrected chi connectivity index (χ3v) is 4.70. The SMILES string of the molecule is FC(F)(F)c1ccc(-c2ccc(N3CCCC3)s2)cc1. The highest BCUT2D eigenvalue weighted by molar-refractivity contribution is 7.19. The van der Waals surface area contributed by atoms with Gasteiger partial charge < -0.3 is 4.90 Å². The average Bonchev–Trinajstić information content (AvgIpc) is 3.09. The van der Waals surface area contributed by atoms with E-state index in [9.17, 15) is 13.2 Å². The van der Waals surface area contributed by atoms with Crippen molar-refractivity contribution in [1.29, 1.82) is 0 Å². The summed E-state index contributed by atoms with van der Waals surface area (Å²) in [7, 11) is 0. The van der Waals surface area contributed by atoms with Crippen LogP contribution >= 0.6 is 11.3 Å². The van der Waals surface area contributed by atoms with Crippen LogP contribution in [0.5, 0.6) is 0 Å². The highest BCUT2D eigenvalue weighted by atomic mass is 32.1. The molecule has 0 spiro atoms. The molecule has 0 radical (unpaired) electrons. The van der Waals surface area contributed by atoms with E-state index in [1.54, 1.807) is 23.5 Å². The van der Waals surface area contributed by atoms with Crippen LogP contribution in [0.2, 0.25) is 0 Å². The van der Waals surface area contributed by atoms with E-state index in [1.807, 2.05) is 6.07 Å². The Hall–Kier alpha value is -1.49. The lowest BCUT2D eigenvalue weighted by molar-refractivity contribution is -0.137. The van der Waals surface area contributed by atoms with Gasteiger partial charge in [-0.15, -0.1) is 11.3 Å². The summed E-state index contributed by atoms with van der Waals surface area (Å²) in [6, 6.07) is 9.42. The molecular formula is C15H14F3NS. The fraction of sp³-hybridized carbons (Fsp3) is 0.333. The van der Waals surface area contributed by atoms with Gasteiger partial charge in [0.2, 0.25) is 0 Å². The molecule has 3 rings (SSSR count). The first kappa shape index (κ1) is 13.5. The van der Waals surface area contributed by atoms with E-state index in [0.717, 1.165) is 35.7 Å². The van der Waals surface area contributed by atoms with Gasteiger partial charge in [0.15, 0.2) is 0 Å². The fourth-order valence-electron chi connectivity index (χ4n) is 2.41. The molecule has 1 aliphatic rings. The number of anilines is 1. The minimum atomic E-state index is -4.27. The Morgan fingerprint density at radius 3 is 2.15 bits per heavy atom. The van der Waals surface area contributed by atoms with E-state index in [0.29, 0.717) is 0 Å². The minimum absolute atomic E-state index is 0.599. The van der Waals surface area contributed by atoms with E-state index >= 15 is 0 Å². The fourth-order valence-corrected chi connectivity index (χ4v) is 3.48. The number of rotatable bonds is 2. The maximum absolute atomic E-state index is 12.5. The van der Waals surface area contributed by atoms with Gasteiger partial charge in [0.1, 0.15) is 0 Å². The monoisotopic (exact) mass is 297 g/mol. The molecule has 1 aromatic heterocycles. The molecule has 1 fully saturated rings. The van der Waals surface area contributed by atoms with Crippen LogP contribution in [0, 0.1) is 0 Å². The summed E-state index contributed by atoms with van der Waals surface area (Å²) in [6.45, 7) is 2.15. The van der Waals surface area contributed by atoms with Crippen molar-refractivity contribution < 1.29 is 13.2 Å². The highest BCUT2D eigenvalue weighted by Gasteiger charge is 2.30. The van der Waals surface area contributed by atoms with E-state index in [-0.39, 0.29) is 0 Å². The van der Waals surface area contributed by atoms with Crippen molar-refractivity contribution in [3.05, 3.63) is 42.0 Å². The van der Waals surface area contributed by atoms with Gasteiger partial charge in [0.05, 0.1) is 10.6 Å².